The first-order valence-electron chi connectivity index (χ1n) is 4.76. The molecule has 6 heteroatoms. The van der Waals surface area contributed by atoms with Crippen LogP contribution in [0.2, 0.25) is 5.02 Å². The Labute approximate surface area is 103 Å². The van der Waals surface area contributed by atoms with E-state index in [0.29, 0.717) is 10.7 Å². The first-order valence-corrected chi connectivity index (χ1v) is 5.14. The van der Waals surface area contributed by atoms with E-state index in [0.717, 1.165) is 0 Å². The molecule has 0 spiro atoms. The van der Waals surface area contributed by atoms with Gasteiger partial charge in [-0.05, 0) is 25.1 Å². The standard InChI is InChI=1S/C11H11ClN2O3/c1-6(14-17)11(16)8-3-4-9(12)10(5-8)13-7(2)15/h3-5,17H,1-2H3,(H,13,15)/b14-6-. The number of hydrogen-bond acceptors (Lipinski definition) is 4. The summed E-state index contributed by atoms with van der Waals surface area (Å²) >= 11 is 5.85. The first-order chi connectivity index (χ1) is 7.95. The van der Waals surface area contributed by atoms with Crippen LogP contribution in [0.4, 0.5) is 5.69 Å². The van der Waals surface area contributed by atoms with Gasteiger partial charge in [0.1, 0.15) is 5.71 Å². The number of benzene rings is 1. The fraction of sp³-hybridized carbons (Fsp3) is 0.182. The Morgan fingerprint density at radius 1 is 1.35 bits per heavy atom. The number of anilines is 1. The summed E-state index contributed by atoms with van der Waals surface area (Å²) in [6.07, 6.45) is 0. The maximum atomic E-state index is 11.7. The number of amides is 1. The van der Waals surface area contributed by atoms with Crippen LogP contribution in [0.25, 0.3) is 0 Å². The van der Waals surface area contributed by atoms with Gasteiger partial charge in [0.05, 0.1) is 10.7 Å². The second kappa shape index (κ2) is 5.45. The third-order valence-corrected chi connectivity index (χ3v) is 2.35. The van der Waals surface area contributed by atoms with Crippen LogP contribution >= 0.6 is 11.6 Å². The SMILES string of the molecule is CC(=O)Nc1cc(C(=O)/C(C)=N\O)ccc1Cl. The highest BCUT2D eigenvalue weighted by atomic mass is 35.5. The van der Waals surface area contributed by atoms with Crippen LogP contribution in [0.15, 0.2) is 23.4 Å². The van der Waals surface area contributed by atoms with Gasteiger partial charge in [-0.2, -0.15) is 0 Å². The average molecular weight is 255 g/mol. The molecule has 1 aromatic rings. The summed E-state index contributed by atoms with van der Waals surface area (Å²) in [6, 6.07) is 4.41. The van der Waals surface area contributed by atoms with E-state index >= 15 is 0 Å². The van der Waals surface area contributed by atoms with E-state index in [4.69, 9.17) is 16.8 Å². The largest absolute Gasteiger partial charge is 0.411 e. The highest BCUT2D eigenvalue weighted by Gasteiger charge is 2.12. The Kier molecular flexibility index (Phi) is 4.23. The fourth-order valence-electron chi connectivity index (χ4n) is 1.21. The zero-order valence-electron chi connectivity index (χ0n) is 9.32. The lowest BCUT2D eigenvalue weighted by Crippen LogP contribution is -2.12. The zero-order chi connectivity index (χ0) is 13.0. The van der Waals surface area contributed by atoms with Gasteiger partial charge in [0, 0.05) is 12.5 Å². The Morgan fingerprint density at radius 3 is 2.53 bits per heavy atom. The summed E-state index contributed by atoms with van der Waals surface area (Å²) in [5, 5.41) is 14.2. The number of halogens is 1. The molecule has 1 aromatic carbocycles. The van der Waals surface area contributed by atoms with Gasteiger partial charge in [-0.15, -0.1) is 0 Å². The van der Waals surface area contributed by atoms with E-state index in [1.54, 1.807) is 0 Å². The summed E-state index contributed by atoms with van der Waals surface area (Å²) in [6.45, 7) is 2.72. The number of ketones is 1. The van der Waals surface area contributed by atoms with Crippen LogP contribution in [0, 0.1) is 0 Å². The Balaban J connectivity index is 3.12. The highest BCUT2D eigenvalue weighted by Crippen LogP contribution is 2.23. The van der Waals surface area contributed by atoms with E-state index in [1.165, 1.54) is 32.0 Å². The van der Waals surface area contributed by atoms with Crippen molar-refractivity contribution in [3.05, 3.63) is 28.8 Å². The van der Waals surface area contributed by atoms with Crippen LogP contribution in [0.3, 0.4) is 0 Å². The number of nitrogens with one attached hydrogen (secondary N) is 1. The number of carbonyl (C=O) groups is 2. The molecule has 0 aliphatic rings. The molecule has 0 radical (unpaired) electrons. The Hall–Kier alpha value is -1.88. The summed E-state index contributed by atoms with van der Waals surface area (Å²) < 4.78 is 0. The number of nitrogens with zero attached hydrogens (tertiary/aromatic N) is 1. The molecule has 1 rings (SSSR count). The van der Waals surface area contributed by atoms with Crippen molar-refractivity contribution in [3.63, 3.8) is 0 Å². The molecule has 1 amide bonds. The van der Waals surface area contributed by atoms with Gasteiger partial charge in [0.25, 0.3) is 0 Å². The predicted molar refractivity (Wildman–Crippen MR) is 65.0 cm³/mol. The minimum atomic E-state index is -0.434. The van der Waals surface area contributed by atoms with Crippen molar-refractivity contribution in [2.75, 3.05) is 5.32 Å². The molecule has 0 aliphatic heterocycles. The molecule has 90 valence electrons. The smallest absolute Gasteiger partial charge is 0.221 e. The van der Waals surface area contributed by atoms with Crippen LogP contribution in [0.5, 0.6) is 0 Å². The number of oxime groups is 1. The topological polar surface area (TPSA) is 78.8 Å². The molecule has 5 nitrogen and oxygen atoms in total. The molecular formula is C11H11ClN2O3. The molecule has 17 heavy (non-hydrogen) atoms. The summed E-state index contributed by atoms with van der Waals surface area (Å²) in [7, 11) is 0. The van der Waals surface area contributed by atoms with Gasteiger partial charge in [-0.25, -0.2) is 0 Å². The quantitative estimate of drug-likeness (QED) is 0.376. The molecule has 0 atom stereocenters. The van der Waals surface area contributed by atoms with Crippen molar-refractivity contribution in [2.45, 2.75) is 13.8 Å². The van der Waals surface area contributed by atoms with Gasteiger partial charge in [0.2, 0.25) is 11.7 Å². The third-order valence-electron chi connectivity index (χ3n) is 2.02. The normalized spacial score (nSPS) is 11.1. The molecule has 0 saturated carbocycles. The van der Waals surface area contributed by atoms with Crippen molar-refractivity contribution in [2.24, 2.45) is 5.16 Å². The van der Waals surface area contributed by atoms with Crippen LogP contribution < -0.4 is 5.32 Å². The Bertz CT molecular complexity index is 497. The molecule has 0 unspecified atom stereocenters. The van der Waals surface area contributed by atoms with Gasteiger partial charge >= 0.3 is 0 Å². The average Bonchev–Trinajstić information content (AvgIpc) is 2.29. The maximum absolute atomic E-state index is 11.7. The maximum Gasteiger partial charge on any atom is 0.221 e. The van der Waals surface area contributed by atoms with E-state index in [-0.39, 0.29) is 17.2 Å². The minimum absolute atomic E-state index is 0.0407. The Morgan fingerprint density at radius 2 is 2.00 bits per heavy atom. The van der Waals surface area contributed by atoms with Crippen molar-refractivity contribution in [1.82, 2.24) is 0 Å². The zero-order valence-corrected chi connectivity index (χ0v) is 10.1. The summed E-state index contributed by atoms with van der Waals surface area (Å²) in [5.41, 5.74) is 0.588. The lowest BCUT2D eigenvalue weighted by molar-refractivity contribution is -0.114. The van der Waals surface area contributed by atoms with Gasteiger partial charge in [0.15, 0.2) is 0 Å². The van der Waals surface area contributed by atoms with Crippen LogP contribution in [-0.2, 0) is 4.79 Å². The fourth-order valence-corrected chi connectivity index (χ4v) is 1.37. The van der Waals surface area contributed by atoms with E-state index in [9.17, 15) is 9.59 Å². The molecule has 0 aliphatic carbocycles. The van der Waals surface area contributed by atoms with E-state index in [1.807, 2.05) is 0 Å². The molecule has 2 N–H and O–H groups in total. The lowest BCUT2D eigenvalue weighted by Gasteiger charge is -2.07. The van der Waals surface area contributed by atoms with E-state index in [2.05, 4.69) is 10.5 Å². The van der Waals surface area contributed by atoms with Crippen LogP contribution in [-0.4, -0.2) is 22.6 Å². The van der Waals surface area contributed by atoms with Crippen LogP contribution in [0.1, 0.15) is 24.2 Å². The molecule has 0 saturated heterocycles. The van der Waals surface area contributed by atoms with Gasteiger partial charge in [-0.3, -0.25) is 9.59 Å². The second-order valence-corrected chi connectivity index (χ2v) is 3.80. The second-order valence-electron chi connectivity index (χ2n) is 3.39. The van der Waals surface area contributed by atoms with Gasteiger partial charge in [-0.1, -0.05) is 16.8 Å². The van der Waals surface area contributed by atoms with Crippen molar-refractivity contribution in [1.29, 1.82) is 0 Å². The number of Topliss-reactive ketones (excluding diaryl/α,β-unsaturated/α-hetero) is 1. The van der Waals surface area contributed by atoms with E-state index < -0.39 is 5.78 Å². The predicted octanol–water partition coefficient (Wildman–Crippen LogP) is 2.33. The molecule has 0 heterocycles. The highest BCUT2D eigenvalue weighted by molar-refractivity contribution is 6.45. The number of carbonyl (C=O) groups excluding carboxylic acids is 2. The third kappa shape index (κ3) is 3.29. The minimum Gasteiger partial charge on any atom is -0.411 e. The number of hydrogen-bond donors (Lipinski definition) is 2. The molecule has 0 aromatic heterocycles. The molecule has 0 bridgehead atoms. The summed E-state index contributed by atoms with van der Waals surface area (Å²) in [5.74, 6) is -0.722. The van der Waals surface area contributed by atoms with Gasteiger partial charge < -0.3 is 10.5 Å². The molecule has 0 fully saturated rings. The summed E-state index contributed by atoms with van der Waals surface area (Å²) in [4.78, 5) is 22.6. The van der Waals surface area contributed by atoms with Crippen molar-refractivity contribution >= 4 is 34.7 Å². The number of rotatable bonds is 3. The first kappa shape index (κ1) is 13.2. The van der Waals surface area contributed by atoms with Crippen molar-refractivity contribution < 1.29 is 14.8 Å². The van der Waals surface area contributed by atoms with Crippen molar-refractivity contribution in [3.8, 4) is 0 Å². The monoisotopic (exact) mass is 254 g/mol. The lowest BCUT2D eigenvalue weighted by atomic mass is 10.1. The molecular weight excluding hydrogens is 244 g/mol.